The minimum absolute atomic E-state index is 0.191. The second-order valence-corrected chi connectivity index (χ2v) is 6.97. The molecule has 0 amide bonds. The van der Waals surface area contributed by atoms with Crippen molar-refractivity contribution in [3.63, 3.8) is 0 Å². The number of halogens is 1. The van der Waals surface area contributed by atoms with Crippen LogP contribution in [0.4, 0.5) is 4.39 Å². The smallest absolute Gasteiger partial charge is 0.123 e. The Balaban J connectivity index is 1.85. The first kappa shape index (κ1) is 14.4. The third-order valence-corrected chi connectivity index (χ3v) is 5.02. The SMILES string of the molecule is Cc1ccc(P)cc1Cc1ccc(-c2ccc(F)cc2)s1. The molecule has 3 heteroatoms. The number of aryl methyl sites for hydroxylation is 1. The maximum absolute atomic E-state index is 13.0. The van der Waals surface area contributed by atoms with Gasteiger partial charge in [-0.15, -0.1) is 20.6 Å². The van der Waals surface area contributed by atoms with Crippen LogP contribution in [-0.4, -0.2) is 0 Å². The summed E-state index contributed by atoms with van der Waals surface area (Å²) in [5.74, 6) is -0.191. The Hall–Kier alpha value is -1.50. The number of hydrogen-bond donors (Lipinski definition) is 0. The van der Waals surface area contributed by atoms with Crippen molar-refractivity contribution in [1.82, 2.24) is 0 Å². The van der Waals surface area contributed by atoms with Crippen molar-refractivity contribution in [3.8, 4) is 10.4 Å². The fourth-order valence-corrected chi connectivity index (χ4v) is 3.65. The predicted octanol–water partition coefficient (Wildman–Crippen LogP) is 4.95. The Morgan fingerprint density at radius 3 is 2.52 bits per heavy atom. The highest BCUT2D eigenvalue weighted by Crippen LogP contribution is 2.30. The monoisotopic (exact) mass is 314 g/mol. The van der Waals surface area contributed by atoms with Crippen molar-refractivity contribution >= 4 is 25.9 Å². The predicted molar refractivity (Wildman–Crippen MR) is 93.0 cm³/mol. The third kappa shape index (κ3) is 3.40. The highest BCUT2D eigenvalue weighted by molar-refractivity contribution is 7.27. The van der Waals surface area contributed by atoms with Gasteiger partial charge >= 0.3 is 0 Å². The molecule has 1 aromatic heterocycles. The molecule has 0 aliphatic rings. The molecule has 0 aliphatic carbocycles. The molecule has 1 heterocycles. The molecule has 21 heavy (non-hydrogen) atoms. The number of thiophene rings is 1. The standard InChI is InChI=1S/C18H16FPS/c1-12-2-7-16(20)10-14(12)11-17-8-9-18(21-17)13-3-5-15(19)6-4-13/h2-10H,11,20H2,1H3. The van der Waals surface area contributed by atoms with E-state index in [1.165, 1.54) is 38.3 Å². The average Bonchev–Trinajstić information content (AvgIpc) is 2.92. The molecule has 0 aliphatic heterocycles. The highest BCUT2D eigenvalue weighted by atomic mass is 32.1. The normalized spacial score (nSPS) is 10.8. The van der Waals surface area contributed by atoms with Crippen LogP contribution >= 0.6 is 20.6 Å². The molecule has 1 unspecified atom stereocenters. The summed E-state index contributed by atoms with van der Waals surface area (Å²) in [7, 11) is 2.75. The van der Waals surface area contributed by atoms with Crippen LogP contribution in [0.5, 0.6) is 0 Å². The molecule has 0 nitrogen and oxygen atoms in total. The van der Waals surface area contributed by atoms with Gasteiger partial charge in [0.2, 0.25) is 0 Å². The van der Waals surface area contributed by atoms with Crippen molar-refractivity contribution in [2.24, 2.45) is 0 Å². The second-order valence-electron chi connectivity index (χ2n) is 5.14. The summed E-state index contributed by atoms with van der Waals surface area (Å²) in [6, 6.07) is 17.5. The molecule has 2 aromatic carbocycles. The zero-order valence-corrected chi connectivity index (χ0v) is 13.7. The van der Waals surface area contributed by atoms with E-state index in [0.717, 1.165) is 12.0 Å². The largest absolute Gasteiger partial charge is 0.207 e. The Morgan fingerprint density at radius 1 is 1.00 bits per heavy atom. The Kier molecular flexibility index (Phi) is 4.19. The van der Waals surface area contributed by atoms with Gasteiger partial charge in [0, 0.05) is 16.2 Å². The van der Waals surface area contributed by atoms with Gasteiger partial charge in [0.15, 0.2) is 0 Å². The van der Waals surface area contributed by atoms with E-state index in [-0.39, 0.29) is 5.82 Å². The minimum atomic E-state index is -0.191. The average molecular weight is 314 g/mol. The lowest BCUT2D eigenvalue weighted by Gasteiger charge is -2.05. The van der Waals surface area contributed by atoms with Crippen LogP contribution in [0.1, 0.15) is 16.0 Å². The summed E-state index contributed by atoms with van der Waals surface area (Å²) in [5, 5.41) is 1.21. The minimum Gasteiger partial charge on any atom is -0.207 e. The second kappa shape index (κ2) is 6.09. The van der Waals surface area contributed by atoms with Crippen LogP contribution < -0.4 is 5.30 Å². The van der Waals surface area contributed by atoms with E-state index in [0.29, 0.717) is 0 Å². The summed E-state index contributed by atoms with van der Waals surface area (Å²) in [6.45, 7) is 2.15. The van der Waals surface area contributed by atoms with Crippen LogP contribution in [0.15, 0.2) is 54.6 Å². The van der Waals surface area contributed by atoms with Gasteiger partial charge in [-0.1, -0.05) is 30.3 Å². The molecule has 0 spiro atoms. The van der Waals surface area contributed by atoms with Crippen LogP contribution in [0.25, 0.3) is 10.4 Å². The molecule has 0 saturated carbocycles. The van der Waals surface area contributed by atoms with Crippen LogP contribution in [0, 0.1) is 12.7 Å². The summed E-state index contributed by atoms with van der Waals surface area (Å²) in [6.07, 6.45) is 0.944. The van der Waals surface area contributed by atoms with Crippen LogP contribution in [-0.2, 0) is 6.42 Å². The fraction of sp³-hybridized carbons (Fsp3) is 0.111. The van der Waals surface area contributed by atoms with Crippen molar-refractivity contribution in [1.29, 1.82) is 0 Å². The van der Waals surface area contributed by atoms with E-state index in [9.17, 15) is 4.39 Å². The summed E-state index contributed by atoms with van der Waals surface area (Å²) < 4.78 is 13.0. The van der Waals surface area contributed by atoms with E-state index in [1.807, 2.05) is 12.1 Å². The maximum atomic E-state index is 13.0. The first-order chi connectivity index (χ1) is 10.1. The third-order valence-electron chi connectivity index (χ3n) is 3.53. The van der Waals surface area contributed by atoms with E-state index >= 15 is 0 Å². The zero-order chi connectivity index (χ0) is 14.8. The molecule has 0 fully saturated rings. The summed E-state index contributed by atoms with van der Waals surface area (Å²) in [5.41, 5.74) is 3.75. The molecule has 106 valence electrons. The van der Waals surface area contributed by atoms with Gasteiger partial charge in [0.05, 0.1) is 0 Å². The Bertz CT molecular complexity index is 759. The molecule has 3 aromatic rings. The molecule has 1 atom stereocenters. The van der Waals surface area contributed by atoms with E-state index in [4.69, 9.17) is 0 Å². The molecule has 0 radical (unpaired) electrons. The lowest BCUT2D eigenvalue weighted by atomic mass is 10.1. The van der Waals surface area contributed by atoms with E-state index < -0.39 is 0 Å². The molecular formula is C18H16FPS. The van der Waals surface area contributed by atoms with Gasteiger partial charge in [-0.25, -0.2) is 4.39 Å². The summed E-state index contributed by atoms with van der Waals surface area (Å²) in [4.78, 5) is 2.51. The quantitative estimate of drug-likeness (QED) is 0.600. The molecule has 0 N–H and O–H groups in total. The Morgan fingerprint density at radius 2 is 1.76 bits per heavy atom. The Labute approximate surface area is 130 Å². The van der Waals surface area contributed by atoms with Gasteiger partial charge in [0.1, 0.15) is 5.82 Å². The molecular weight excluding hydrogens is 298 g/mol. The lowest BCUT2D eigenvalue weighted by Crippen LogP contribution is -1.97. The van der Waals surface area contributed by atoms with Crippen molar-refractivity contribution < 1.29 is 4.39 Å². The topological polar surface area (TPSA) is 0 Å². The maximum Gasteiger partial charge on any atom is 0.123 e. The van der Waals surface area contributed by atoms with Gasteiger partial charge in [-0.2, -0.15) is 0 Å². The van der Waals surface area contributed by atoms with Gasteiger partial charge in [-0.05, 0) is 53.2 Å². The van der Waals surface area contributed by atoms with E-state index in [2.05, 4.69) is 46.5 Å². The number of hydrogen-bond acceptors (Lipinski definition) is 1. The van der Waals surface area contributed by atoms with Gasteiger partial charge in [-0.3, -0.25) is 0 Å². The number of benzene rings is 2. The van der Waals surface area contributed by atoms with Crippen LogP contribution in [0.3, 0.4) is 0 Å². The first-order valence-corrected chi connectivity index (χ1v) is 8.21. The summed E-state index contributed by atoms with van der Waals surface area (Å²) >= 11 is 1.77. The van der Waals surface area contributed by atoms with Crippen molar-refractivity contribution in [2.45, 2.75) is 13.3 Å². The number of rotatable bonds is 3. The first-order valence-electron chi connectivity index (χ1n) is 6.81. The van der Waals surface area contributed by atoms with Crippen LogP contribution in [0.2, 0.25) is 0 Å². The van der Waals surface area contributed by atoms with Crippen molar-refractivity contribution in [3.05, 3.63) is 76.4 Å². The zero-order valence-electron chi connectivity index (χ0n) is 11.8. The van der Waals surface area contributed by atoms with Gasteiger partial charge in [0.25, 0.3) is 0 Å². The molecule has 3 rings (SSSR count). The van der Waals surface area contributed by atoms with Gasteiger partial charge < -0.3 is 0 Å². The van der Waals surface area contributed by atoms with Crippen molar-refractivity contribution in [2.75, 3.05) is 0 Å². The fourth-order valence-electron chi connectivity index (χ4n) is 2.31. The molecule has 0 saturated heterocycles. The lowest BCUT2D eigenvalue weighted by molar-refractivity contribution is 0.628. The van der Waals surface area contributed by atoms with E-state index in [1.54, 1.807) is 11.3 Å². The highest BCUT2D eigenvalue weighted by Gasteiger charge is 2.06. The molecule has 0 bridgehead atoms.